The highest BCUT2D eigenvalue weighted by Gasteiger charge is 2.05. The van der Waals surface area contributed by atoms with Gasteiger partial charge in [-0.1, -0.05) is 36.4 Å². The molecule has 0 aliphatic carbocycles. The van der Waals surface area contributed by atoms with Crippen LogP contribution in [0, 0.1) is 11.6 Å². The van der Waals surface area contributed by atoms with Crippen LogP contribution >= 0.6 is 0 Å². The predicted molar refractivity (Wildman–Crippen MR) is 77.6 cm³/mol. The number of hydrogen-bond acceptors (Lipinski definition) is 1. The van der Waals surface area contributed by atoms with Crippen LogP contribution in [0.5, 0.6) is 0 Å². The van der Waals surface area contributed by atoms with Gasteiger partial charge in [-0.25, -0.2) is 8.78 Å². The van der Waals surface area contributed by atoms with Crippen molar-refractivity contribution in [1.29, 1.82) is 0 Å². The van der Waals surface area contributed by atoms with E-state index < -0.39 is 11.6 Å². The third-order valence-electron chi connectivity index (χ3n) is 3.27. The van der Waals surface area contributed by atoms with E-state index in [9.17, 15) is 8.78 Å². The minimum atomic E-state index is -0.430. The summed E-state index contributed by atoms with van der Waals surface area (Å²) in [6.45, 7) is 0.248. The summed E-state index contributed by atoms with van der Waals surface area (Å²) in [5, 5.41) is 5.34. The van der Waals surface area contributed by atoms with Crippen molar-refractivity contribution in [3.63, 3.8) is 0 Å². The fraction of sp³-hybridized carbons (Fsp3) is 0.0588. The molecule has 0 saturated heterocycles. The molecule has 1 N–H and O–H groups in total. The highest BCUT2D eigenvalue weighted by atomic mass is 19.1. The smallest absolute Gasteiger partial charge is 0.128 e. The second-order valence-corrected chi connectivity index (χ2v) is 4.62. The van der Waals surface area contributed by atoms with Gasteiger partial charge in [-0.2, -0.15) is 0 Å². The topological polar surface area (TPSA) is 12.0 Å². The molecular formula is C17H13F2N. The summed E-state index contributed by atoms with van der Waals surface area (Å²) in [6, 6.07) is 17.3. The first-order valence-corrected chi connectivity index (χ1v) is 6.39. The lowest BCUT2D eigenvalue weighted by Gasteiger charge is -2.10. The first kappa shape index (κ1) is 12.6. The standard InChI is InChI=1S/C17H13F2N/c18-14-8-9-16(19)13(10-14)11-20-17-7-3-5-12-4-1-2-6-15(12)17/h1-10,20H,11H2. The second kappa shape index (κ2) is 5.29. The number of hydrogen-bond donors (Lipinski definition) is 1. The van der Waals surface area contributed by atoms with Crippen LogP contribution in [0.25, 0.3) is 10.8 Å². The summed E-state index contributed by atoms with van der Waals surface area (Å²) in [5.74, 6) is -0.833. The number of rotatable bonds is 3. The predicted octanol–water partition coefficient (Wildman–Crippen LogP) is 4.73. The van der Waals surface area contributed by atoms with Gasteiger partial charge in [-0.05, 0) is 29.7 Å². The first-order valence-electron chi connectivity index (χ1n) is 6.39. The normalized spacial score (nSPS) is 10.7. The van der Waals surface area contributed by atoms with Crippen molar-refractivity contribution in [3.05, 3.63) is 77.9 Å². The van der Waals surface area contributed by atoms with Gasteiger partial charge in [-0.15, -0.1) is 0 Å². The number of fused-ring (bicyclic) bond motifs is 1. The average Bonchev–Trinajstić information content (AvgIpc) is 2.48. The van der Waals surface area contributed by atoms with E-state index in [0.29, 0.717) is 5.56 Å². The van der Waals surface area contributed by atoms with E-state index in [-0.39, 0.29) is 6.54 Å². The summed E-state index contributed by atoms with van der Waals surface area (Å²) in [7, 11) is 0. The highest BCUT2D eigenvalue weighted by Crippen LogP contribution is 2.23. The molecule has 0 heterocycles. The molecule has 20 heavy (non-hydrogen) atoms. The molecule has 3 aromatic carbocycles. The molecule has 0 bridgehead atoms. The quantitative estimate of drug-likeness (QED) is 0.724. The zero-order valence-corrected chi connectivity index (χ0v) is 10.7. The van der Waals surface area contributed by atoms with Crippen LogP contribution in [0.2, 0.25) is 0 Å². The van der Waals surface area contributed by atoms with Gasteiger partial charge >= 0.3 is 0 Å². The highest BCUT2D eigenvalue weighted by molar-refractivity contribution is 5.93. The molecular weight excluding hydrogens is 256 g/mol. The minimum Gasteiger partial charge on any atom is -0.380 e. The van der Waals surface area contributed by atoms with Gasteiger partial charge in [-0.3, -0.25) is 0 Å². The van der Waals surface area contributed by atoms with Crippen molar-refractivity contribution < 1.29 is 8.78 Å². The molecule has 0 aliphatic heterocycles. The SMILES string of the molecule is Fc1ccc(F)c(CNc2cccc3ccccc23)c1. The Morgan fingerprint density at radius 2 is 1.65 bits per heavy atom. The van der Waals surface area contributed by atoms with Crippen LogP contribution in [0.4, 0.5) is 14.5 Å². The summed E-state index contributed by atoms with van der Waals surface area (Å²) < 4.78 is 26.7. The Morgan fingerprint density at radius 1 is 0.850 bits per heavy atom. The Balaban J connectivity index is 1.89. The van der Waals surface area contributed by atoms with Crippen molar-refractivity contribution >= 4 is 16.5 Å². The van der Waals surface area contributed by atoms with Gasteiger partial charge in [0, 0.05) is 23.2 Å². The van der Waals surface area contributed by atoms with Crippen molar-refractivity contribution in [2.45, 2.75) is 6.54 Å². The van der Waals surface area contributed by atoms with Gasteiger partial charge in [0.15, 0.2) is 0 Å². The maximum Gasteiger partial charge on any atom is 0.128 e. The largest absolute Gasteiger partial charge is 0.380 e. The van der Waals surface area contributed by atoms with Gasteiger partial charge in [0.05, 0.1) is 0 Å². The van der Waals surface area contributed by atoms with E-state index in [2.05, 4.69) is 5.32 Å². The molecule has 1 nitrogen and oxygen atoms in total. The van der Waals surface area contributed by atoms with Gasteiger partial charge in [0.2, 0.25) is 0 Å². The second-order valence-electron chi connectivity index (χ2n) is 4.62. The molecule has 0 unspecified atom stereocenters. The molecule has 3 aromatic rings. The molecule has 3 heteroatoms. The lowest BCUT2D eigenvalue weighted by atomic mass is 10.1. The molecule has 3 rings (SSSR count). The Morgan fingerprint density at radius 3 is 2.55 bits per heavy atom. The maximum absolute atomic E-state index is 13.6. The van der Waals surface area contributed by atoms with E-state index in [4.69, 9.17) is 0 Å². The summed E-state index contributed by atoms with van der Waals surface area (Å²) in [6.07, 6.45) is 0. The minimum absolute atomic E-state index is 0.248. The van der Waals surface area contributed by atoms with E-state index in [0.717, 1.165) is 28.6 Å². The zero-order chi connectivity index (χ0) is 13.9. The molecule has 0 amide bonds. The first-order chi connectivity index (χ1) is 9.74. The van der Waals surface area contributed by atoms with E-state index >= 15 is 0 Å². The molecule has 0 radical (unpaired) electrons. The van der Waals surface area contributed by atoms with Crippen LogP contribution < -0.4 is 5.32 Å². The molecule has 0 atom stereocenters. The Hall–Kier alpha value is -2.42. The van der Waals surface area contributed by atoms with E-state index in [1.165, 1.54) is 6.07 Å². The molecule has 100 valence electrons. The number of halogens is 2. The van der Waals surface area contributed by atoms with Crippen molar-refractivity contribution in [2.24, 2.45) is 0 Å². The fourth-order valence-corrected chi connectivity index (χ4v) is 2.25. The maximum atomic E-state index is 13.6. The lowest BCUT2D eigenvalue weighted by molar-refractivity contribution is 0.587. The van der Waals surface area contributed by atoms with Crippen LogP contribution in [0.1, 0.15) is 5.56 Å². The summed E-state index contributed by atoms with van der Waals surface area (Å²) in [4.78, 5) is 0. The van der Waals surface area contributed by atoms with Crippen molar-refractivity contribution in [1.82, 2.24) is 0 Å². The summed E-state index contributed by atoms with van der Waals surface area (Å²) >= 11 is 0. The van der Waals surface area contributed by atoms with Crippen LogP contribution in [0.15, 0.2) is 60.7 Å². The van der Waals surface area contributed by atoms with Gasteiger partial charge in [0.1, 0.15) is 11.6 Å². The molecule has 0 aliphatic rings. The van der Waals surface area contributed by atoms with E-state index in [1.54, 1.807) is 0 Å². The fourth-order valence-electron chi connectivity index (χ4n) is 2.25. The number of nitrogens with one attached hydrogen (secondary N) is 1. The van der Waals surface area contributed by atoms with E-state index in [1.807, 2.05) is 42.5 Å². The molecule has 0 fully saturated rings. The van der Waals surface area contributed by atoms with Crippen LogP contribution in [0.3, 0.4) is 0 Å². The third-order valence-corrected chi connectivity index (χ3v) is 3.27. The monoisotopic (exact) mass is 269 g/mol. The Labute approximate surface area is 115 Å². The Bertz CT molecular complexity index is 748. The van der Waals surface area contributed by atoms with Crippen molar-refractivity contribution in [2.75, 3.05) is 5.32 Å². The van der Waals surface area contributed by atoms with Crippen molar-refractivity contribution in [3.8, 4) is 0 Å². The molecule has 0 saturated carbocycles. The van der Waals surface area contributed by atoms with Gasteiger partial charge < -0.3 is 5.32 Å². The average molecular weight is 269 g/mol. The van der Waals surface area contributed by atoms with Gasteiger partial charge in [0.25, 0.3) is 0 Å². The number of anilines is 1. The Kier molecular flexibility index (Phi) is 3.33. The third kappa shape index (κ3) is 2.48. The van der Waals surface area contributed by atoms with Crippen LogP contribution in [-0.2, 0) is 6.54 Å². The zero-order valence-electron chi connectivity index (χ0n) is 10.7. The number of benzene rings is 3. The van der Waals surface area contributed by atoms with Crippen LogP contribution in [-0.4, -0.2) is 0 Å². The summed E-state index contributed by atoms with van der Waals surface area (Å²) in [5.41, 5.74) is 1.23. The molecule has 0 spiro atoms. The lowest BCUT2D eigenvalue weighted by Crippen LogP contribution is -2.02. The molecule has 0 aromatic heterocycles.